The molecule has 7 heteroatoms. The number of rotatable bonds is 3. The smallest absolute Gasteiger partial charge is 0.251 e. The molecule has 0 aromatic carbocycles. The number of sulfonamides is 1. The van der Waals surface area contributed by atoms with Gasteiger partial charge < -0.3 is 5.11 Å². The predicted octanol–water partition coefficient (Wildman–Crippen LogP) is 2.09. The van der Waals surface area contributed by atoms with Gasteiger partial charge in [-0.05, 0) is 40.2 Å². The Balaban J connectivity index is 2.15. The number of hydrogen-bond acceptors (Lipinski definition) is 4. The van der Waals surface area contributed by atoms with Crippen LogP contribution in [-0.2, 0) is 10.0 Å². The second-order valence-electron chi connectivity index (χ2n) is 4.14. The third-order valence-electron chi connectivity index (χ3n) is 2.86. The van der Waals surface area contributed by atoms with E-state index >= 15 is 0 Å². The average molecular weight is 340 g/mol. The van der Waals surface area contributed by atoms with Crippen molar-refractivity contribution in [3.05, 3.63) is 15.9 Å². The lowest BCUT2D eigenvalue weighted by molar-refractivity contribution is 0.101. The number of hydrogen-bond donors (Lipinski definition) is 2. The highest BCUT2D eigenvalue weighted by Crippen LogP contribution is 2.28. The topological polar surface area (TPSA) is 66.4 Å². The van der Waals surface area contributed by atoms with E-state index < -0.39 is 16.1 Å². The summed E-state index contributed by atoms with van der Waals surface area (Å²) in [5.41, 5.74) is 0. The van der Waals surface area contributed by atoms with Gasteiger partial charge in [0, 0.05) is 10.5 Å². The molecule has 2 atom stereocenters. The van der Waals surface area contributed by atoms with Crippen molar-refractivity contribution in [1.29, 1.82) is 0 Å². The van der Waals surface area contributed by atoms with Gasteiger partial charge in [0.1, 0.15) is 4.21 Å². The van der Waals surface area contributed by atoms with E-state index in [0.29, 0.717) is 17.3 Å². The second kappa shape index (κ2) is 5.36. The van der Waals surface area contributed by atoms with E-state index in [1.807, 2.05) is 0 Å². The van der Waals surface area contributed by atoms with Gasteiger partial charge >= 0.3 is 0 Å². The minimum Gasteiger partial charge on any atom is -0.391 e. The Labute approximate surface area is 113 Å². The lowest BCUT2D eigenvalue weighted by Crippen LogP contribution is -2.44. The highest BCUT2D eigenvalue weighted by Gasteiger charge is 2.29. The molecule has 2 rings (SSSR count). The minimum absolute atomic E-state index is 0.273. The van der Waals surface area contributed by atoms with Gasteiger partial charge in [-0.15, -0.1) is 11.3 Å². The molecule has 0 aliphatic heterocycles. The third kappa shape index (κ3) is 3.08. The SMILES string of the molecule is O=S(=O)(NC1CCCCC1O)c1sccc1Br. The molecule has 0 bridgehead atoms. The Morgan fingerprint density at radius 2 is 2.12 bits per heavy atom. The zero-order valence-corrected chi connectivity index (χ0v) is 12.3. The quantitative estimate of drug-likeness (QED) is 0.886. The first-order valence-electron chi connectivity index (χ1n) is 5.44. The van der Waals surface area contributed by atoms with E-state index in [0.717, 1.165) is 12.8 Å². The van der Waals surface area contributed by atoms with Crippen molar-refractivity contribution in [3.63, 3.8) is 0 Å². The first-order valence-corrected chi connectivity index (χ1v) is 8.59. The summed E-state index contributed by atoms with van der Waals surface area (Å²) in [6.07, 6.45) is 2.71. The van der Waals surface area contributed by atoms with Gasteiger partial charge in [-0.2, -0.15) is 0 Å². The highest BCUT2D eigenvalue weighted by molar-refractivity contribution is 9.10. The van der Waals surface area contributed by atoms with Gasteiger partial charge in [0.15, 0.2) is 0 Å². The van der Waals surface area contributed by atoms with Gasteiger partial charge in [-0.1, -0.05) is 12.8 Å². The van der Waals surface area contributed by atoms with E-state index in [1.165, 1.54) is 11.3 Å². The van der Waals surface area contributed by atoms with E-state index in [9.17, 15) is 13.5 Å². The van der Waals surface area contributed by atoms with Crippen molar-refractivity contribution in [1.82, 2.24) is 4.72 Å². The number of aliphatic hydroxyl groups is 1. The monoisotopic (exact) mass is 339 g/mol. The molecule has 1 aliphatic carbocycles. The maximum absolute atomic E-state index is 12.1. The zero-order chi connectivity index (χ0) is 12.5. The van der Waals surface area contributed by atoms with Crippen molar-refractivity contribution < 1.29 is 13.5 Å². The fourth-order valence-corrected chi connectivity index (χ4v) is 5.63. The molecule has 96 valence electrons. The molecule has 1 heterocycles. The molecule has 0 spiro atoms. The highest BCUT2D eigenvalue weighted by atomic mass is 79.9. The molecule has 1 aromatic rings. The summed E-state index contributed by atoms with van der Waals surface area (Å²) < 4.78 is 27.6. The van der Waals surface area contributed by atoms with Crippen molar-refractivity contribution in [3.8, 4) is 0 Å². The van der Waals surface area contributed by atoms with Crippen LogP contribution in [0.1, 0.15) is 25.7 Å². The molecule has 2 unspecified atom stereocenters. The maximum Gasteiger partial charge on any atom is 0.251 e. The second-order valence-corrected chi connectivity index (χ2v) is 7.82. The van der Waals surface area contributed by atoms with Gasteiger partial charge in [0.05, 0.1) is 6.10 Å². The first kappa shape index (κ1) is 13.5. The molecule has 4 nitrogen and oxygen atoms in total. The normalized spacial score (nSPS) is 26.0. The van der Waals surface area contributed by atoms with Gasteiger partial charge in [0.25, 0.3) is 10.0 Å². The van der Waals surface area contributed by atoms with Crippen molar-refractivity contribution in [2.75, 3.05) is 0 Å². The third-order valence-corrected chi connectivity index (χ3v) is 7.02. The molecule has 1 aliphatic rings. The average Bonchev–Trinajstić information content (AvgIpc) is 2.68. The van der Waals surface area contributed by atoms with Crippen LogP contribution in [-0.4, -0.2) is 25.7 Å². The van der Waals surface area contributed by atoms with Crippen LogP contribution in [0.5, 0.6) is 0 Å². The standard InChI is InChI=1S/C10H14BrNO3S2/c11-7-5-6-16-10(7)17(14,15)12-8-3-1-2-4-9(8)13/h5-6,8-9,12-13H,1-4H2. The molecule has 0 amide bonds. The molecule has 1 fully saturated rings. The molecule has 1 aromatic heterocycles. The van der Waals surface area contributed by atoms with Crippen molar-refractivity contribution in [2.45, 2.75) is 42.0 Å². The fraction of sp³-hybridized carbons (Fsp3) is 0.600. The van der Waals surface area contributed by atoms with Crippen molar-refractivity contribution >= 4 is 37.3 Å². The Morgan fingerprint density at radius 1 is 1.41 bits per heavy atom. The van der Waals surface area contributed by atoms with Gasteiger partial charge in [-0.25, -0.2) is 13.1 Å². The predicted molar refractivity (Wildman–Crippen MR) is 70.6 cm³/mol. The number of halogens is 1. The van der Waals surface area contributed by atoms with E-state index in [-0.39, 0.29) is 10.3 Å². The van der Waals surface area contributed by atoms with Crippen LogP contribution >= 0.6 is 27.3 Å². The molecular formula is C10H14BrNO3S2. The molecule has 0 radical (unpaired) electrons. The summed E-state index contributed by atoms with van der Waals surface area (Å²) in [5.74, 6) is 0. The molecule has 1 saturated carbocycles. The summed E-state index contributed by atoms with van der Waals surface area (Å²) in [7, 11) is -3.52. The van der Waals surface area contributed by atoms with Crippen LogP contribution in [0.4, 0.5) is 0 Å². The van der Waals surface area contributed by atoms with Gasteiger partial charge in [-0.3, -0.25) is 0 Å². The van der Waals surface area contributed by atoms with Gasteiger partial charge in [0.2, 0.25) is 0 Å². The van der Waals surface area contributed by atoms with E-state index in [4.69, 9.17) is 0 Å². The first-order chi connectivity index (χ1) is 8.00. The van der Waals surface area contributed by atoms with E-state index in [1.54, 1.807) is 11.4 Å². The summed E-state index contributed by atoms with van der Waals surface area (Å²) in [6, 6.07) is 1.35. The maximum atomic E-state index is 12.1. The molecule has 2 N–H and O–H groups in total. The molecule has 17 heavy (non-hydrogen) atoms. The molecule has 0 saturated heterocycles. The van der Waals surface area contributed by atoms with Crippen LogP contribution in [0.3, 0.4) is 0 Å². The van der Waals surface area contributed by atoms with Crippen LogP contribution in [0.15, 0.2) is 20.1 Å². The van der Waals surface area contributed by atoms with Crippen molar-refractivity contribution in [2.24, 2.45) is 0 Å². The summed E-state index contributed by atoms with van der Waals surface area (Å²) in [4.78, 5) is 0. The summed E-state index contributed by atoms with van der Waals surface area (Å²) in [5, 5.41) is 11.5. The van der Waals surface area contributed by atoms with E-state index in [2.05, 4.69) is 20.7 Å². The Hall–Kier alpha value is 0.0500. The van der Waals surface area contributed by atoms with Crippen LogP contribution in [0.25, 0.3) is 0 Å². The number of aliphatic hydroxyl groups excluding tert-OH is 1. The largest absolute Gasteiger partial charge is 0.391 e. The lowest BCUT2D eigenvalue weighted by atomic mass is 9.93. The molecular weight excluding hydrogens is 326 g/mol. The summed E-state index contributed by atoms with van der Waals surface area (Å²) >= 11 is 4.38. The lowest BCUT2D eigenvalue weighted by Gasteiger charge is -2.27. The summed E-state index contributed by atoms with van der Waals surface area (Å²) in [6.45, 7) is 0. The Bertz CT molecular complexity index is 485. The number of thiophene rings is 1. The zero-order valence-electron chi connectivity index (χ0n) is 9.10. The Morgan fingerprint density at radius 3 is 2.71 bits per heavy atom. The Kier molecular flexibility index (Phi) is 4.25. The number of nitrogens with one attached hydrogen (secondary N) is 1. The van der Waals surface area contributed by atoms with Crippen LogP contribution in [0.2, 0.25) is 0 Å². The van der Waals surface area contributed by atoms with Crippen LogP contribution in [0, 0.1) is 0 Å². The van der Waals surface area contributed by atoms with Crippen LogP contribution < -0.4 is 4.72 Å². The fourth-order valence-electron chi connectivity index (χ4n) is 1.97. The minimum atomic E-state index is -3.52.